The maximum absolute atomic E-state index is 11.3. The van der Waals surface area contributed by atoms with Crippen LogP contribution in [0.2, 0.25) is 0 Å². The minimum Gasteiger partial charge on any atom is -0.481 e. The first-order valence-corrected chi connectivity index (χ1v) is 6.58. The third-order valence-electron chi connectivity index (χ3n) is 1.86. The summed E-state index contributed by atoms with van der Waals surface area (Å²) in [7, 11) is -3.15. The molecule has 1 N–H and O–H groups in total. The normalized spacial score (nSPS) is 11.9. The van der Waals surface area contributed by atoms with Gasteiger partial charge in [0.05, 0.1) is 17.9 Å². The van der Waals surface area contributed by atoms with Gasteiger partial charge in [0.1, 0.15) is 0 Å². The van der Waals surface area contributed by atoms with Gasteiger partial charge < -0.3 is 5.11 Å². The lowest BCUT2D eigenvalue weighted by atomic mass is 10.1. The molecule has 0 heterocycles. The quantitative estimate of drug-likeness (QED) is 0.705. The smallest absolute Gasteiger partial charge is 0.304 e. The van der Waals surface area contributed by atoms with Gasteiger partial charge in [0, 0.05) is 0 Å². The Morgan fingerprint density at radius 3 is 2.29 bits per heavy atom. The highest BCUT2D eigenvalue weighted by atomic mass is 32.2. The average Bonchev–Trinajstić information content (AvgIpc) is 2.00. The van der Waals surface area contributed by atoms with Crippen molar-refractivity contribution >= 4 is 15.8 Å². The van der Waals surface area contributed by atoms with Crippen molar-refractivity contribution < 1.29 is 18.3 Å². The lowest BCUT2D eigenvalue weighted by Gasteiger charge is -2.04. The second kappa shape index (κ2) is 6.01. The molecule has 0 atom stereocenters. The minimum absolute atomic E-state index is 0.110. The molecule has 0 saturated heterocycles. The van der Waals surface area contributed by atoms with E-state index in [1.54, 1.807) is 0 Å². The fraction of sp³-hybridized carbons (Fsp3) is 0.889. The van der Waals surface area contributed by atoms with Gasteiger partial charge in [-0.15, -0.1) is 0 Å². The summed E-state index contributed by atoms with van der Waals surface area (Å²) in [6.45, 7) is 4.06. The predicted octanol–water partition coefficient (Wildman–Crippen LogP) is 1.31. The van der Waals surface area contributed by atoms with Gasteiger partial charge in [-0.3, -0.25) is 4.79 Å². The van der Waals surface area contributed by atoms with Crippen LogP contribution in [0.15, 0.2) is 0 Å². The van der Waals surface area contributed by atoms with Crippen molar-refractivity contribution in [1.29, 1.82) is 0 Å². The van der Waals surface area contributed by atoms with Gasteiger partial charge in [-0.05, 0) is 12.3 Å². The highest BCUT2D eigenvalue weighted by Crippen LogP contribution is 2.06. The molecule has 0 amide bonds. The molecule has 4 nitrogen and oxygen atoms in total. The summed E-state index contributed by atoms with van der Waals surface area (Å²) < 4.78 is 22.5. The molecular weight excluding hydrogens is 204 g/mol. The molecule has 0 aliphatic heterocycles. The Balaban J connectivity index is 3.79. The monoisotopic (exact) mass is 222 g/mol. The van der Waals surface area contributed by atoms with Crippen molar-refractivity contribution in [3.8, 4) is 0 Å². The maximum Gasteiger partial charge on any atom is 0.304 e. The second-order valence-corrected chi connectivity index (χ2v) is 6.14. The number of sulfone groups is 1. The number of carbonyl (C=O) groups is 1. The number of carboxylic acids is 1. The van der Waals surface area contributed by atoms with E-state index in [1.165, 1.54) is 0 Å². The van der Waals surface area contributed by atoms with Crippen molar-refractivity contribution in [3.63, 3.8) is 0 Å². The summed E-state index contributed by atoms with van der Waals surface area (Å²) in [5.41, 5.74) is 0. The zero-order valence-electron chi connectivity index (χ0n) is 8.69. The third kappa shape index (κ3) is 8.04. The third-order valence-corrected chi connectivity index (χ3v) is 3.60. The summed E-state index contributed by atoms with van der Waals surface area (Å²) in [5.74, 6) is -0.694. The van der Waals surface area contributed by atoms with Crippen molar-refractivity contribution in [2.24, 2.45) is 5.92 Å². The van der Waals surface area contributed by atoms with E-state index in [0.29, 0.717) is 12.3 Å². The summed E-state index contributed by atoms with van der Waals surface area (Å²) in [6.07, 6.45) is 1.20. The Bertz CT molecular complexity index is 267. The lowest BCUT2D eigenvalue weighted by molar-refractivity contribution is -0.136. The maximum atomic E-state index is 11.3. The molecular formula is C9H18O4S. The average molecular weight is 222 g/mol. The van der Waals surface area contributed by atoms with E-state index in [4.69, 9.17) is 5.11 Å². The molecule has 84 valence electrons. The Labute approximate surface area is 85.2 Å². The standard InChI is InChI=1S/C9H18O4S/c1-8(2)4-3-6-14(12,13)7-5-9(10)11/h8H,3-7H2,1-2H3,(H,10,11). The molecule has 0 radical (unpaired) electrons. The Morgan fingerprint density at radius 1 is 1.29 bits per heavy atom. The molecule has 0 aliphatic rings. The van der Waals surface area contributed by atoms with Crippen LogP contribution < -0.4 is 0 Å². The molecule has 0 aromatic heterocycles. The molecule has 0 unspecified atom stereocenters. The molecule has 0 bridgehead atoms. The van der Waals surface area contributed by atoms with Crippen molar-refractivity contribution in [3.05, 3.63) is 0 Å². The molecule has 5 heteroatoms. The van der Waals surface area contributed by atoms with Gasteiger partial charge in [-0.1, -0.05) is 20.3 Å². The fourth-order valence-corrected chi connectivity index (χ4v) is 2.35. The highest BCUT2D eigenvalue weighted by Gasteiger charge is 2.12. The van der Waals surface area contributed by atoms with Gasteiger partial charge in [-0.2, -0.15) is 0 Å². The van der Waals surface area contributed by atoms with Gasteiger partial charge in [0.2, 0.25) is 0 Å². The van der Waals surface area contributed by atoms with Crippen LogP contribution in [-0.2, 0) is 14.6 Å². The first kappa shape index (κ1) is 13.4. The molecule has 0 fully saturated rings. The van der Waals surface area contributed by atoms with Crippen molar-refractivity contribution in [2.75, 3.05) is 11.5 Å². The first-order chi connectivity index (χ1) is 6.33. The number of hydrogen-bond donors (Lipinski definition) is 1. The van der Waals surface area contributed by atoms with Crippen LogP contribution in [-0.4, -0.2) is 31.0 Å². The molecule has 0 aliphatic carbocycles. The largest absolute Gasteiger partial charge is 0.481 e. The number of carboxylic acid groups (broad SMARTS) is 1. The molecule has 0 aromatic rings. The van der Waals surface area contributed by atoms with Crippen LogP contribution in [0.5, 0.6) is 0 Å². The lowest BCUT2D eigenvalue weighted by Crippen LogP contribution is -2.14. The number of hydrogen-bond acceptors (Lipinski definition) is 3. The van der Waals surface area contributed by atoms with E-state index in [2.05, 4.69) is 0 Å². The van der Waals surface area contributed by atoms with E-state index >= 15 is 0 Å². The Morgan fingerprint density at radius 2 is 1.86 bits per heavy atom. The van der Waals surface area contributed by atoms with E-state index in [0.717, 1.165) is 6.42 Å². The van der Waals surface area contributed by atoms with Crippen LogP contribution in [0.1, 0.15) is 33.1 Å². The zero-order valence-corrected chi connectivity index (χ0v) is 9.51. The SMILES string of the molecule is CC(C)CCCS(=O)(=O)CCC(=O)O. The summed E-state index contributed by atoms with van der Waals surface area (Å²) >= 11 is 0. The van der Waals surface area contributed by atoms with Crippen molar-refractivity contribution in [1.82, 2.24) is 0 Å². The van der Waals surface area contributed by atoms with Crippen LogP contribution in [0.4, 0.5) is 0 Å². The topological polar surface area (TPSA) is 71.4 Å². The summed E-state index contributed by atoms with van der Waals surface area (Å²) in [5, 5.41) is 8.33. The molecule has 14 heavy (non-hydrogen) atoms. The molecule has 0 spiro atoms. The number of aliphatic carboxylic acids is 1. The van der Waals surface area contributed by atoms with Gasteiger partial charge in [0.25, 0.3) is 0 Å². The molecule has 0 rings (SSSR count). The van der Waals surface area contributed by atoms with Crippen molar-refractivity contribution in [2.45, 2.75) is 33.1 Å². The van der Waals surface area contributed by atoms with Crippen LogP contribution >= 0.6 is 0 Å². The fourth-order valence-electron chi connectivity index (χ4n) is 1.06. The van der Waals surface area contributed by atoms with Gasteiger partial charge in [0.15, 0.2) is 9.84 Å². The van der Waals surface area contributed by atoms with Gasteiger partial charge in [-0.25, -0.2) is 8.42 Å². The van der Waals surface area contributed by atoms with Crippen LogP contribution in [0, 0.1) is 5.92 Å². The van der Waals surface area contributed by atoms with E-state index < -0.39 is 15.8 Å². The number of rotatable bonds is 7. The Kier molecular flexibility index (Phi) is 5.76. The molecule has 0 saturated carbocycles. The first-order valence-electron chi connectivity index (χ1n) is 4.75. The van der Waals surface area contributed by atoms with Gasteiger partial charge >= 0.3 is 5.97 Å². The van der Waals surface area contributed by atoms with E-state index in [-0.39, 0.29) is 17.9 Å². The second-order valence-electron chi connectivity index (χ2n) is 3.83. The van der Waals surface area contributed by atoms with E-state index in [9.17, 15) is 13.2 Å². The zero-order chi connectivity index (χ0) is 11.2. The van der Waals surface area contributed by atoms with Crippen LogP contribution in [0.25, 0.3) is 0 Å². The highest BCUT2D eigenvalue weighted by molar-refractivity contribution is 7.91. The summed E-state index contributed by atoms with van der Waals surface area (Å²) in [4.78, 5) is 10.2. The summed E-state index contributed by atoms with van der Waals surface area (Å²) in [6, 6.07) is 0. The Hall–Kier alpha value is -0.580. The predicted molar refractivity (Wildman–Crippen MR) is 55.0 cm³/mol. The molecule has 0 aromatic carbocycles. The minimum atomic E-state index is -3.15. The van der Waals surface area contributed by atoms with E-state index in [1.807, 2.05) is 13.8 Å². The van der Waals surface area contributed by atoms with Crippen LogP contribution in [0.3, 0.4) is 0 Å².